The lowest BCUT2D eigenvalue weighted by Crippen LogP contribution is -2.19. The highest BCUT2D eigenvalue weighted by Gasteiger charge is 2.27. The van der Waals surface area contributed by atoms with Crippen molar-refractivity contribution in [3.63, 3.8) is 0 Å². The Hall–Kier alpha value is -3.13. The Labute approximate surface area is 172 Å². The van der Waals surface area contributed by atoms with E-state index in [-0.39, 0.29) is 28.0 Å². The molecule has 152 valence electrons. The van der Waals surface area contributed by atoms with Crippen molar-refractivity contribution in [1.82, 2.24) is 4.57 Å². The molecule has 0 aliphatic rings. The van der Waals surface area contributed by atoms with E-state index in [9.17, 15) is 14.4 Å². The number of primary amides is 1. The summed E-state index contributed by atoms with van der Waals surface area (Å²) in [5.74, 6) is -1.61. The first-order valence-electron chi connectivity index (χ1n) is 9.31. The zero-order valence-electron chi connectivity index (χ0n) is 16.8. The molecule has 0 radical (unpaired) electrons. The van der Waals surface area contributed by atoms with Crippen molar-refractivity contribution in [2.24, 2.45) is 5.73 Å². The summed E-state index contributed by atoms with van der Waals surface area (Å²) in [5, 5.41) is 4.06. The maximum atomic E-state index is 13.2. The van der Waals surface area contributed by atoms with Gasteiger partial charge in [0.2, 0.25) is 0 Å². The van der Waals surface area contributed by atoms with Crippen molar-refractivity contribution in [2.75, 3.05) is 11.9 Å². The maximum Gasteiger partial charge on any atom is 0.341 e. The molecule has 0 aliphatic heterocycles. The second-order valence-corrected chi connectivity index (χ2v) is 7.55. The third kappa shape index (κ3) is 3.51. The minimum absolute atomic E-state index is 0.163. The standard InChI is InChI=1S/C21H23N3O4S/c1-5-24-14-10-8-7-9-13(14)11(3)16(24)19(26)23-20-15(21(27)28-6-2)12(4)17(29-20)18(22)25/h7-10H,5-6H2,1-4H3,(H2,22,25)(H,23,26). The number of aryl methyl sites for hydroxylation is 2. The monoisotopic (exact) mass is 413 g/mol. The summed E-state index contributed by atoms with van der Waals surface area (Å²) in [6, 6.07) is 7.79. The topological polar surface area (TPSA) is 103 Å². The van der Waals surface area contributed by atoms with Crippen molar-refractivity contribution in [1.29, 1.82) is 0 Å². The summed E-state index contributed by atoms with van der Waals surface area (Å²) in [4.78, 5) is 37.6. The molecule has 7 nitrogen and oxygen atoms in total. The van der Waals surface area contributed by atoms with Crippen LogP contribution in [-0.4, -0.2) is 29.0 Å². The van der Waals surface area contributed by atoms with Gasteiger partial charge in [-0.1, -0.05) is 18.2 Å². The van der Waals surface area contributed by atoms with E-state index in [1.807, 2.05) is 42.7 Å². The molecule has 0 atom stereocenters. The number of ether oxygens (including phenoxy) is 1. The van der Waals surface area contributed by atoms with Crippen LogP contribution in [0, 0.1) is 13.8 Å². The average molecular weight is 413 g/mol. The molecule has 29 heavy (non-hydrogen) atoms. The highest BCUT2D eigenvalue weighted by molar-refractivity contribution is 7.18. The van der Waals surface area contributed by atoms with Gasteiger partial charge in [0, 0.05) is 17.4 Å². The average Bonchev–Trinajstić information content (AvgIpc) is 3.16. The molecular weight excluding hydrogens is 390 g/mol. The minimum atomic E-state index is -0.655. The summed E-state index contributed by atoms with van der Waals surface area (Å²) in [6.07, 6.45) is 0. The number of carbonyl (C=O) groups excluding carboxylic acids is 3. The number of carbonyl (C=O) groups is 3. The predicted octanol–water partition coefficient (Wildman–Crippen LogP) is 3.87. The van der Waals surface area contributed by atoms with Crippen LogP contribution in [0.15, 0.2) is 24.3 Å². The number of benzene rings is 1. The molecule has 2 amide bonds. The fourth-order valence-corrected chi connectivity index (χ4v) is 4.59. The first kappa shape index (κ1) is 20.6. The molecule has 8 heteroatoms. The fraction of sp³-hybridized carbons (Fsp3) is 0.286. The maximum absolute atomic E-state index is 13.2. The number of nitrogens with two attached hydrogens (primary N) is 1. The quantitative estimate of drug-likeness (QED) is 0.599. The molecule has 0 saturated heterocycles. The highest BCUT2D eigenvalue weighted by atomic mass is 32.1. The van der Waals surface area contributed by atoms with E-state index in [0.717, 1.165) is 27.8 Å². The Morgan fingerprint density at radius 3 is 2.45 bits per heavy atom. The highest BCUT2D eigenvalue weighted by Crippen LogP contribution is 2.34. The number of aromatic nitrogens is 1. The number of para-hydroxylation sites is 1. The number of nitrogens with zero attached hydrogens (tertiary/aromatic N) is 1. The van der Waals surface area contributed by atoms with Gasteiger partial charge < -0.3 is 20.4 Å². The van der Waals surface area contributed by atoms with Crippen molar-refractivity contribution >= 4 is 45.0 Å². The molecule has 0 aliphatic carbocycles. The molecule has 3 rings (SSSR count). The van der Waals surface area contributed by atoms with Gasteiger partial charge in [-0.3, -0.25) is 9.59 Å². The minimum Gasteiger partial charge on any atom is -0.462 e. The van der Waals surface area contributed by atoms with Crippen LogP contribution < -0.4 is 11.1 Å². The van der Waals surface area contributed by atoms with Gasteiger partial charge in [0.15, 0.2) is 0 Å². The number of esters is 1. The van der Waals surface area contributed by atoms with Crippen molar-refractivity contribution in [2.45, 2.75) is 34.2 Å². The van der Waals surface area contributed by atoms with E-state index in [1.165, 1.54) is 0 Å². The van der Waals surface area contributed by atoms with Crippen LogP contribution in [0.25, 0.3) is 10.9 Å². The Kier molecular flexibility index (Phi) is 5.74. The molecule has 3 N–H and O–H groups in total. The number of amides is 2. The van der Waals surface area contributed by atoms with Crippen LogP contribution in [0.2, 0.25) is 0 Å². The van der Waals surface area contributed by atoms with Crippen LogP contribution in [0.3, 0.4) is 0 Å². The summed E-state index contributed by atoms with van der Waals surface area (Å²) in [5.41, 5.74) is 8.32. The third-order valence-electron chi connectivity index (χ3n) is 4.83. The lowest BCUT2D eigenvalue weighted by Gasteiger charge is -2.10. The number of rotatable bonds is 6. The van der Waals surface area contributed by atoms with Gasteiger partial charge in [-0.15, -0.1) is 11.3 Å². The normalized spacial score (nSPS) is 10.9. The van der Waals surface area contributed by atoms with Crippen LogP contribution in [0.4, 0.5) is 5.00 Å². The molecule has 3 aromatic rings. The molecule has 1 aromatic carbocycles. The first-order chi connectivity index (χ1) is 13.8. The van der Waals surface area contributed by atoms with E-state index in [1.54, 1.807) is 13.8 Å². The Morgan fingerprint density at radius 1 is 1.14 bits per heavy atom. The molecule has 2 heterocycles. The van der Waals surface area contributed by atoms with Crippen molar-refractivity contribution in [3.05, 3.63) is 51.5 Å². The Bertz CT molecular complexity index is 1130. The second kappa shape index (κ2) is 8.08. The van der Waals surface area contributed by atoms with Crippen molar-refractivity contribution in [3.8, 4) is 0 Å². The van der Waals surface area contributed by atoms with Gasteiger partial charge in [0.25, 0.3) is 11.8 Å². The lowest BCUT2D eigenvalue weighted by atomic mass is 10.1. The van der Waals surface area contributed by atoms with Crippen LogP contribution in [-0.2, 0) is 11.3 Å². The number of hydrogen-bond donors (Lipinski definition) is 2. The van der Waals surface area contributed by atoms with Gasteiger partial charge in [-0.2, -0.15) is 0 Å². The van der Waals surface area contributed by atoms with Gasteiger partial charge >= 0.3 is 5.97 Å². The van der Waals surface area contributed by atoms with E-state index >= 15 is 0 Å². The zero-order chi connectivity index (χ0) is 21.3. The van der Waals surface area contributed by atoms with E-state index in [4.69, 9.17) is 10.5 Å². The van der Waals surface area contributed by atoms with Crippen LogP contribution >= 0.6 is 11.3 Å². The first-order valence-corrected chi connectivity index (χ1v) is 10.1. The largest absolute Gasteiger partial charge is 0.462 e. The smallest absolute Gasteiger partial charge is 0.341 e. The number of fused-ring (bicyclic) bond motifs is 1. The van der Waals surface area contributed by atoms with Crippen molar-refractivity contribution < 1.29 is 19.1 Å². The van der Waals surface area contributed by atoms with E-state index in [0.29, 0.717) is 17.8 Å². The second-order valence-electron chi connectivity index (χ2n) is 6.53. The number of thiophene rings is 1. The van der Waals surface area contributed by atoms with Gasteiger partial charge in [0.05, 0.1) is 17.0 Å². The summed E-state index contributed by atoms with van der Waals surface area (Å²) in [7, 11) is 0. The van der Waals surface area contributed by atoms with Crippen LogP contribution in [0.1, 0.15) is 55.5 Å². The third-order valence-corrected chi connectivity index (χ3v) is 6.05. The van der Waals surface area contributed by atoms with Crippen LogP contribution in [0.5, 0.6) is 0 Å². The molecule has 0 saturated carbocycles. The van der Waals surface area contributed by atoms with Gasteiger partial charge in [-0.05, 0) is 44.9 Å². The molecule has 0 spiro atoms. The summed E-state index contributed by atoms with van der Waals surface area (Å²) < 4.78 is 7.04. The molecular formula is C21H23N3O4S. The zero-order valence-corrected chi connectivity index (χ0v) is 17.6. The number of anilines is 1. The Balaban J connectivity index is 2.09. The number of nitrogens with one attached hydrogen (secondary N) is 1. The Morgan fingerprint density at radius 2 is 1.83 bits per heavy atom. The SMILES string of the molecule is CCOC(=O)c1c(NC(=O)c2c(C)c3ccccc3n2CC)sc(C(N)=O)c1C. The fourth-order valence-electron chi connectivity index (χ4n) is 3.55. The van der Waals surface area contributed by atoms with E-state index < -0.39 is 11.9 Å². The molecule has 0 bridgehead atoms. The molecule has 2 aromatic heterocycles. The molecule has 0 unspecified atom stereocenters. The lowest BCUT2D eigenvalue weighted by molar-refractivity contribution is 0.0527. The van der Waals surface area contributed by atoms with Gasteiger partial charge in [-0.25, -0.2) is 4.79 Å². The summed E-state index contributed by atoms with van der Waals surface area (Å²) >= 11 is 0.981. The predicted molar refractivity (Wildman–Crippen MR) is 114 cm³/mol. The van der Waals surface area contributed by atoms with E-state index in [2.05, 4.69) is 5.32 Å². The molecule has 0 fully saturated rings. The number of hydrogen-bond acceptors (Lipinski definition) is 5. The summed E-state index contributed by atoms with van der Waals surface area (Å²) in [6.45, 7) is 7.95. The van der Waals surface area contributed by atoms with Gasteiger partial charge in [0.1, 0.15) is 10.7 Å².